The van der Waals surface area contributed by atoms with Crippen LogP contribution in [0.4, 0.5) is 10.1 Å². The first-order valence-electron chi connectivity index (χ1n) is 4.46. The van der Waals surface area contributed by atoms with Crippen molar-refractivity contribution in [2.75, 3.05) is 5.32 Å². The summed E-state index contributed by atoms with van der Waals surface area (Å²) in [5.41, 5.74) is 1.95. The smallest absolute Gasteiger partial charge is 0.124 e. The zero-order valence-corrected chi connectivity index (χ0v) is 9.41. The van der Waals surface area contributed by atoms with E-state index in [-0.39, 0.29) is 5.82 Å². The minimum absolute atomic E-state index is 0.318. The Balaban J connectivity index is 2.05. The van der Waals surface area contributed by atoms with Crippen LogP contribution in [0.15, 0.2) is 35.0 Å². The van der Waals surface area contributed by atoms with E-state index in [9.17, 15) is 4.39 Å². The Morgan fingerprint density at radius 1 is 1.33 bits per heavy atom. The number of nitrogens with one attached hydrogen (secondary N) is 1. The largest absolute Gasteiger partial charge is 0.380 e. The predicted molar refractivity (Wildman–Crippen MR) is 63.1 cm³/mol. The molecule has 0 fully saturated rings. The second kappa shape index (κ2) is 4.64. The van der Waals surface area contributed by atoms with Gasteiger partial charge in [-0.05, 0) is 40.6 Å². The van der Waals surface area contributed by atoms with Crippen LogP contribution in [0.25, 0.3) is 0 Å². The number of halogens is 2. The highest BCUT2D eigenvalue weighted by atomic mass is 35.5. The van der Waals surface area contributed by atoms with Gasteiger partial charge in [0, 0.05) is 6.54 Å². The summed E-state index contributed by atoms with van der Waals surface area (Å²) in [6, 6.07) is 6.37. The second-order valence-electron chi connectivity index (χ2n) is 3.11. The fourth-order valence-corrected chi connectivity index (χ4v) is 2.13. The molecule has 1 aromatic carbocycles. The first-order valence-corrected chi connectivity index (χ1v) is 5.78. The van der Waals surface area contributed by atoms with Gasteiger partial charge in [0.15, 0.2) is 0 Å². The van der Waals surface area contributed by atoms with E-state index in [0.29, 0.717) is 11.6 Å². The summed E-state index contributed by atoms with van der Waals surface area (Å²) < 4.78 is 12.8. The second-order valence-corrected chi connectivity index (χ2v) is 4.30. The third-order valence-corrected chi connectivity index (χ3v) is 3.04. The first kappa shape index (κ1) is 10.5. The van der Waals surface area contributed by atoms with E-state index >= 15 is 0 Å². The predicted octanol–water partition coefficient (Wildman–Crippen LogP) is 4.15. The molecule has 15 heavy (non-hydrogen) atoms. The number of thiophene rings is 1. The van der Waals surface area contributed by atoms with Crippen LogP contribution in [-0.4, -0.2) is 0 Å². The maximum atomic E-state index is 12.8. The van der Waals surface area contributed by atoms with Gasteiger partial charge in [-0.2, -0.15) is 11.3 Å². The van der Waals surface area contributed by atoms with Crippen molar-refractivity contribution in [3.05, 3.63) is 51.4 Å². The Kier molecular flexibility index (Phi) is 3.23. The van der Waals surface area contributed by atoms with Crippen LogP contribution in [0, 0.1) is 5.82 Å². The van der Waals surface area contributed by atoms with Crippen molar-refractivity contribution in [3.8, 4) is 0 Å². The molecule has 2 rings (SSSR count). The zero-order valence-electron chi connectivity index (χ0n) is 7.84. The Bertz CT molecular complexity index is 442. The van der Waals surface area contributed by atoms with Crippen molar-refractivity contribution in [1.82, 2.24) is 0 Å². The molecule has 0 saturated carbocycles. The standard InChI is InChI=1S/C11H9ClFNS/c12-10-5-9(13)1-2-11(10)14-6-8-3-4-15-7-8/h1-5,7,14H,6H2. The van der Waals surface area contributed by atoms with Gasteiger partial charge in [-0.3, -0.25) is 0 Å². The van der Waals surface area contributed by atoms with Gasteiger partial charge in [0.05, 0.1) is 10.7 Å². The van der Waals surface area contributed by atoms with Crippen molar-refractivity contribution < 1.29 is 4.39 Å². The molecule has 0 spiro atoms. The maximum Gasteiger partial charge on any atom is 0.124 e. The molecule has 1 aromatic heterocycles. The lowest BCUT2D eigenvalue weighted by Gasteiger charge is -2.06. The SMILES string of the molecule is Fc1ccc(NCc2ccsc2)c(Cl)c1. The number of rotatable bonds is 3. The third-order valence-electron chi connectivity index (χ3n) is 1.99. The summed E-state index contributed by atoms with van der Waals surface area (Å²) in [6.07, 6.45) is 0. The average Bonchev–Trinajstić information content (AvgIpc) is 2.69. The van der Waals surface area contributed by atoms with E-state index in [1.807, 2.05) is 11.4 Å². The van der Waals surface area contributed by atoms with E-state index < -0.39 is 0 Å². The molecule has 1 nitrogen and oxygen atoms in total. The summed E-state index contributed by atoms with van der Waals surface area (Å²) in [5, 5.41) is 7.64. The van der Waals surface area contributed by atoms with Gasteiger partial charge in [-0.15, -0.1) is 0 Å². The fourth-order valence-electron chi connectivity index (χ4n) is 1.22. The molecule has 0 saturated heterocycles. The maximum absolute atomic E-state index is 12.8. The van der Waals surface area contributed by atoms with Crippen molar-refractivity contribution in [1.29, 1.82) is 0 Å². The van der Waals surface area contributed by atoms with E-state index in [0.717, 1.165) is 5.69 Å². The minimum atomic E-state index is -0.318. The number of benzene rings is 1. The van der Waals surface area contributed by atoms with Crippen molar-refractivity contribution >= 4 is 28.6 Å². The van der Waals surface area contributed by atoms with Gasteiger partial charge in [-0.1, -0.05) is 11.6 Å². The highest BCUT2D eigenvalue weighted by molar-refractivity contribution is 7.07. The van der Waals surface area contributed by atoms with Gasteiger partial charge in [-0.25, -0.2) is 4.39 Å². The molecule has 1 N–H and O–H groups in total. The lowest BCUT2D eigenvalue weighted by atomic mass is 10.3. The molecule has 0 radical (unpaired) electrons. The molecule has 0 aliphatic rings. The minimum Gasteiger partial charge on any atom is -0.380 e. The van der Waals surface area contributed by atoms with Crippen molar-refractivity contribution in [3.63, 3.8) is 0 Å². The number of hydrogen-bond donors (Lipinski definition) is 1. The average molecular weight is 242 g/mol. The topological polar surface area (TPSA) is 12.0 Å². The van der Waals surface area contributed by atoms with Crippen LogP contribution >= 0.6 is 22.9 Å². The molecule has 2 aromatic rings. The fraction of sp³-hybridized carbons (Fsp3) is 0.0909. The third kappa shape index (κ3) is 2.70. The zero-order chi connectivity index (χ0) is 10.7. The van der Waals surface area contributed by atoms with E-state index in [1.54, 1.807) is 17.4 Å². The van der Waals surface area contributed by atoms with E-state index in [4.69, 9.17) is 11.6 Å². The quantitative estimate of drug-likeness (QED) is 0.851. The monoisotopic (exact) mass is 241 g/mol. The van der Waals surface area contributed by atoms with Gasteiger partial charge in [0.1, 0.15) is 5.82 Å². The molecule has 4 heteroatoms. The van der Waals surface area contributed by atoms with Gasteiger partial charge >= 0.3 is 0 Å². The molecule has 0 aliphatic carbocycles. The molecular weight excluding hydrogens is 233 g/mol. The summed E-state index contributed by atoms with van der Waals surface area (Å²) in [4.78, 5) is 0. The Labute approximate surface area is 96.5 Å². The van der Waals surface area contributed by atoms with Gasteiger partial charge in [0.25, 0.3) is 0 Å². The molecule has 0 aliphatic heterocycles. The molecule has 0 unspecified atom stereocenters. The molecule has 0 amide bonds. The molecular formula is C11H9ClFNS. The summed E-state index contributed by atoms with van der Waals surface area (Å²) >= 11 is 7.52. The summed E-state index contributed by atoms with van der Waals surface area (Å²) in [7, 11) is 0. The van der Waals surface area contributed by atoms with Crippen molar-refractivity contribution in [2.24, 2.45) is 0 Å². The van der Waals surface area contributed by atoms with Crippen LogP contribution in [-0.2, 0) is 6.54 Å². The van der Waals surface area contributed by atoms with Crippen LogP contribution < -0.4 is 5.32 Å². The first-order chi connectivity index (χ1) is 7.25. The summed E-state index contributed by atoms with van der Waals surface area (Å²) in [5.74, 6) is -0.318. The van der Waals surface area contributed by atoms with Crippen molar-refractivity contribution in [2.45, 2.75) is 6.54 Å². The van der Waals surface area contributed by atoms with E-state index in [2.05, 4.69) is 10.7 Å². The van der Waals surface area contributed by atoms with Crippen LogP contribution in [0.3, 0.4) is 0 Å². The highest BCUT2D eigenvalue weighted by Gasteiger charge is 2.01. The molecule has 0 bridgehead atoms. The lowest BCUT2D eigenvalue weighted by molar-refractivity contribution is 0.628. The lowest BCUT2D eigenvalue weighted by Crippen LogP contribution is -1.98. The van der Waals surface area contributed by atoms with Crippen LogP contribution in [0.5, 0.6) is 0 Å². The Morgan fingerprint density at radius 3 is 2.87 bits per heavy atom. The summed E-state index contributed by atoms with van der Waals surface area (Å²) in [6.45, 7) is 0.703. The number of anilines is 1. The highest BCUT2D eigenvalue weighted by Crippen LogP contribution is 2.23. The Hall–Kier alpha value is -1.06. The normalized spacial score (nSPS) is 10.3. The molecule has 0 atom stereocenters. The number of hydrogen-bond acceptors (Lipinski definition) is 2. The van der Waals surface area contributed by atoms with Gasteiger partial charge < -0.3 is 5.32 Å². The molecule has 1 heterocycles. The molecule has 78 valence electrons. The van der Waals surface area contributed by atoms with E-state index in [1.165, 1.54) is 17.7 Å². The Morgan fingerprint density at radius 2 is 2.20 bits per heavy atom. The van der Waals surface area contributed by atoms with Crippen LogP contribution in [0.1, 0.15) is 5.56 Å². The van der Waals surface area contributed by atoms with Gasteiger partial charge in [0.2, 0.25) is 0 Å². The van der Waals surface area contributed by atoms with Crippen LogP contribution in [0.2, 0.25) is 5.02 Å².